The highest BCUT2D eigenvalue weighted by atomic mass is 35.5. The second kappa shape index (κ2) is 11.4. The quantitative estimate of drug-likeness (QED) is 0.668. The molecule has 1 fully saturated rings. The molecule has 1 heterocycles. The molecule has 0 aromatic heterocycles. The molecule has 0 bridgehead atoms. The van der Waals surface area contributed by atoms with Crippen molar-refractivity contribution in [3.63, 3.8) is 0 Å². The number of likely N-dealkylation sites (tertiary alicyclic amines) is 1. The zero-order valence-electron chi connectivity index (χ0n) is 18.2. The van der Waals surface area contributed by atoms with E-state index in [9.17, 15) is 9.59 Å². The van der Waals surface area contributed by atoms with E-state index in [1.807, 2.05) is 32.6 Å². The third-order valence-corrected chi connectivity index (χ3v) is 5.78. The summed E-state index contributed by atoms with van der Waals surface area (Å²) in [4.78, 5) is 26.7. The molecule has 0 unspecified atom stereocenters. The zero-order chi connectivity index (χ0) is 20.7. The molecule has 7 heteroatoms. The van der Waals surface area contributed by atoms with Gasteiger partial charge in [-0.1, -0.05) is 13.8 Å². The summed E-state index contributed by atoms with van der Waals surface area (Å²) in [7, 11) is 0. The molecule has 164 valence electrons. The molecule has 3 N–H and O–H groups in total. The van der Waals surface area contributed by atoms with Gasteiger partial charge in [0.05, 0.1) is 0 Å². The average Bonchev–Trinajstić information content (AvgIpc) is 2.71. The number of hydrogen-bond acceptors (Lipinski definition) is 4. The van der Waals surface area contributed by atoms with Gasteiger partial charge in [0.25, 0.3) is 11.8 Å². The van der Waals surface area contributed by atoms with Crippen molar-refractivity contribution in [2.45, 2.75) is 65.3 Å². The number of aryl methyl sites for hydroxylation is 2. The maximum atomic E-state index is 12.5. The van der Waals surface area contributed by atoms with Gasteiger partial charge in [0.15, 0.2) is 6.61 Å². The number of nitrogens with one attached hydrogen (secondary N) is 1. The molecular formula is C22H36ClN3O3. The number of benzene rings is 1. The van der Waals surface area contributed by atoms with Crippen LogP contribution in [0.25, 0.3) is 0 Å². The van der Waals surface area contributed by atoms with Crippen molar-refractivity contribution in [2.24, 2.45) is 5.73 Å². The van der Waals surface area contributed by atoms with E-state index in [0.29, 0.717) is 17.9 Å². The fourth-order valence-corrected chi connectivity index (χ4v) is 3.54. The third-order valence-electron chi connectivity index (χ3n) is 5.78. The van der Waals surface area contributed by atoms with Crippen molar-refractivity contribution in [1.29, 1.82) is 0 Å². The Labute approximate surface area is 181 Å². The molecule has 1 saturated heterocycles. The van der Waals surface area contributed by atoms with E-state index in [1.54, 1.807) is 12.1 Å². The molecule has 2 rings (SSSR count). The van der Waals surface area contributed by atoms with Crippen LogP contribution in [0.5, 0.6) is 5.75 Å². The molecule has 0 saturated carbocycles. The summed E-state index contributed by atoms with van der Waals surface area (Å²) in [5.41, 5.74) is 8.17. The largest absolute Gasteiger partial charge is 0.483 e. The molecule has 1 aromatic rings. The van der Waals surface area contributed by atoms with Crippen molar-refractivity contribution in [3.05, 3.63) is 28.8 Å². The van der Waals surface area contributed by atoms with Crippen LogP contribution in [0.15, 0.2) is 12.1 Å². The van der Waals surface area contributed by atoms with Gasteiger partial charge in [-0.3, -0.25) is 9.59 Å². The molecule has 1 aliphatic rings. The number of nitrogens with zero attached hydrogens (tertiary/aromatic N) is 1. The molecule has 29 heavy (non-hydrogen) atoms. The fourth-order valence-electron chi connectivity index (χ4n) is 3.54. The molecule has 1 aliphatic heterocycles. The first-order chi connectivity index (χ1) is 13.3. The van der Waals surface area contributed by atoms with Crippen LogP contribution in [0.2, 0.25) is 0 Å². The van der Waals surface area contributed by atoms with Crippen LogP contribution in [-0.4, -0.2) is 48.5 Å². The number of rotatable bonds is 8. The van der Waals surface area contributed by atoms with E-state index in [4.69, 9.17) is 10.5 Å². The van der Waals surface area contributed by atoms with Gasteiger partial charge in [0.1, 0.15) is 5.75 Å². The molecule has 0 atom stereocenters. The number of hydrogen-bond donors (Lipinski definition) is 2. The lowest BCUT2D eigenvalue weighted by atomic mass is 9.94. The Hall–Kier alpha value is -1.79. The topological polar surface area (TPSA) is 84.7 Å². The number of piperidine rings is 1. The summed E-state index contributed by atoms with van der Waals surface area (Å²) in [5, 5.41) is 2.94. The number of carbonyl (C=O) groups is 2. The summed E-state index contributed by atoms with van der Waals surface area (Å²) >= 11 is 0. The Bertz CT molecular complexity index is 676. The molecule has 0 aliphatic carbocycles. The Morgan fingerprint density at radius 3 is 2.17 bits per heavy atom. The summed E-state index contributed by atoms with van der Waals surface area (Å²) in [6.07, 6.45) is 4.93. The minimum absolute atomic E-state index is 0. The Balaban J connectivity index is 0.00000420. The third kappa shape index (κ3) is 6.89. The van der Waals surface area contributed by atoms with Crippen LogP contribution in [0.3, 0.4) is 0 Å². The second-order valence-corrected chi connectivity index (χ2v) is 7.92. The molecule has 6 nitrogen and oxygen atoms in total. The monoisotopic (exact) mass is 425 g/mol. The van der Waals surface area contributed by atoms with Crippen LogP contribution >= 0.6 is 12.4 Å². The summed E-state index contributed by atoms with van der Waals surface area (Å²) in [5.74, 6) is 0.565. The van der Waals surface area contributed by atoms with Crippen molar-refractivity contribution in [1.82, 2.24) is 10.2 Å². The van der Waals surface area contributed by atoms with Gasteiger partial charge in [0.2, 0.25) is 0 Å². The van der Waals surface area contributed by atoms with Gasteiger partial charge in [0, 0.05) is 30.7 Å². The number of halogens is 1. The van der Waals surface area contributed by atoms with Crippen molar-refractivity contribution >= 4 is 24.2 Å². The number of carbonyl (C=O) groups excluding carboxylic acids is 2. The van der Waals surface area contributed by atoms with Crippen molar-refractivity contribution < 1.29 is 14.3 Å². The van der Waals surface area contributed by atoms with Crippen molar-refractivity contribution in [2.75, 3.05) is 26.2 Å². The molecule has 0 radical (unpaired) electrons. The molecule has 0 spiro atoms. The van der Waals surface area contributed by atoms with Gasteiger partial charge in [-0.25, -0.2) is 0 Å². The number of ether oxygens (including phenoxy) is 1. The standard InChI is InChI=1S/C22H35N3O3.ClH/c1-5-22(23,6-2)15-24-21(27)18-12-16(3)20(17(4)13-18)28-14-19(26)25-10-8-7-9-11-25;/h12-13H,5-11,14-15,23H2,1-4H3,(H,24,27);1H. The molecule has 2 amide bonds. The van der Waals surface area contributed by atoms with Gasteiger partial charge >= 0.3 is 0 Å². The minimum Gasteiger partial charge on any atom is -0.483 e. The maximum Gasteiger partial charge on any atom is 0.260 e. The van der Waals surface area contributed by atoms with Crippen LogP contribution in [-0.2, 0) is 4.79 Å². The Morgan fingerprint density at radius 1 is 1.10 bits per heavy atom. The van der Waals surface area contributed by atoms with Gasteiger partial charge < -0.3 is 20.7 Å². The Kier molecular flexibility index (Phi) is 9.93. The van der Waals surface area contributed by atoms with Gasteiger partial charge in [-0.15, -0.1) is 12.4 Å². The van der Waals surface area contributed by atoms with Crippen molar-refractivity contribution in [3.8, 4) is 5.75 Å². The highest BCUT2D eigenvalue weighted by molar-refractivity contribution is 5.95. The van der Waals surface area contributed by atoms with Crippen LogP contribution < -0.4 is 15.8 Å². The first-order valence-corrected chi connectivity index (χ1v) is 10.4. The summed E-state index contributed by atoms with van der Waals surface area (Å²) in [6.45, 7) is 9.97. The minimum atomic E-state index is -0.377. The van der Waals surface area contributed by atoms with E-state index < -0.39 is 0 Å². The van der Waals surface area contributed by atoms with Crippen LogP contribution in [0.4, 0.5) is 0 Å². The average molecular weight is 426 g/mol. The highest BCUT2D eigenvalue weighted by Crippen LogP contribution is 2.25. The Morgan fingerprint density at radius 2 is 1.66 bits per heavy atom. The molecular weight excluding hydrogens is 390 g/mol. The highest BCUT2D eigenvalue weighted by Gasteiger charge is 2.22. The lowest BCUT2D eigenvalue weighted by molar-refractivity contribution is -0.134. The van der Waals surface area contributed by atoms with E-state index in [1.165, 1.54) is 6.42 Å². The summed E-state index contributed by atoms with van der Waals surface area (Å²) in [6, 6.07) is 3.61. The second-order valence-electron chi connectivity index (χ2n) is 7.92. The first-order valence-electron chi connectivity index (χ1n) is 10.4. The van der Waals surface area contributed by atoms with Crippen LogP contribution in [0.1, 0.15) is 67.4 Å². The predicted molar refractivity (Wildman–Crippen MR) is 119 cm³/mol. The number of nitrogens with two attached hydrogens (primary N) is 1. The first kappa shape index (κ1) is 25.2. The molecule has 1 aromatic carbocycles. The fraction of sp³-hybridized carbons (Fsp3) is 0.636. The summed E-state index contributed by atoms with van der Waals surface area (Å²) < 4.78 is 5.82. The van der Waals surface area contributed by atoms with Crippen LogP contribution in [0, 0.1) is 13.8 Å². The SMILES string of the molecule is CCC(N)(CC)CNC(=O)c1cc(C)c(OCC(=O)N2CCCCC2)c(C)c1.Cl. The zero-order valence-corrected chi connectivity index (χ0v) is 19.0. The van der Waals surface area contributed by atoms with Gasteiger partial charge in [-0.05, 0) is 69.2 Å². The maximum absolute atomic E-state index is 12.5. The van der Waals surface area contributed by atoms with E-state index in [-0.39, 0.29) is 36.4 Å². The normalized spacial score (nSPS) is 14.2. The van der Waals surface area contributed by atoms with Gasteiger partial charge in [-0.2, -0.15) is 0 Å². The van der Waals surface area contributed by atoms with E-state index >= 15 is 0 Å². The lowest BCUT2D eigenvalue weighted by Crippen LogP contribution is -2.49. The number of amides is 2. The predicted octanol–water partition coefficient (Wildman–Crippen LogP) is 3.36. The van der Waals surface area contributed by atoms with E-state index in [2.05, 4.69) is 5.32 Å². The lowest BCUT2D eigenvalue weighted by Gasteiger charge is -2.27. The smallest absolute Gasteiger partial charge is 0.260 e. The van der Waals surface area contributed by atoms with E-state index in [0.717, 1.165) is 49.9 Å².